The van der Waals surface area contributed by atoms with Crippen molar-refractivity contribution in [1.82, 2.24) is 19.7 Å². The number of aromatic nitrogens is 4. The van der Waals surface area contributed by atoms with Crippen molar-refractivity contribution in [1.29, 1.82) is 0 Å². The van der Waals surface area contributed by atoms with E-state index in [0.29, 0.717) is 10.8 Å². The summed E-state index contributed by atoms with van der Waals surface area (Å²) >= 11 is 5.13. The Labute approximate surface area is 117 Å². The highest BCUT2D eigenvalue weighted by Crippen LogP contribution is 2.17. The van der Waals surface area contributed by atoms with Crippen molar-refractivity contribution in [2.24, 2.45) is 5.73 Å². The molecule has 0 saturated carbocycles. The second kappa shape index (κ2) is 5.44. The molecule has 0 aliphatic heterocycles. The van der Waals surface area contributed by atoms with Gasteiger partial charge in [0.1, 0.15) is 10.8 Å². The minimum absolute atomic E-state index is 0.330. The fraction of sp³-hybridized carbons (Fsp3) is 0.385. The van der Waals surface area contributed by atoms with Gasteiger partial charge in [0.2, 0.25) is 0 Å². The quantitative estimate of drug-likeness (QED) is 0.861. The Balaban J connectivity index is 2.68. The number of thiocarbonyl (C=S) groups is 1. The molecule has 0 amide bonds. The molecule has 0 fully saturated rings. The molecule has 0 atom stereocenters. The molecule has 2 rings (SSSR count). The van der Waals surface area contributed by atoms with Crippen LogP contribution in [0, 0.1) is 6.92 Å². The first-order chi connectivity index (χ1) is 9.08. The molecule has 0 unspecified atom stereocenters. The fourth-order valence-electron chi connectivity index (χ4n) is 1.95. The van der Waals surface area contributed by atoms with Crippen molar-refractivity contribution in [3.8, 4) is 5.82 Å². The van der Waals surface area contributed by atoms with Crippen LogP contribution in [0.25, 0.3) is 5.82 Å². The first-order valence-corrected chi connectivity index (χ1v) is 6.69. The third-order valence-electron chi connectivity index (χ3n) is 2.94. The summed E-state index contributed by atoms with van der Waals surface area (Å²) in [5.41, 5.74) is 7.57. The second-order valence-corrected chi connectivity index (χ2v) is 4.69. The van der Waals surface area contributed by atoms with Crippen molar-refractivity contribution < 1.29 is 0 Å². The lowest BCUT2D eigenvalue weighted by molar-refractivity contribution is 0.766. The van der Waals surface area contributed by atoms with Crippen molar-refractivity contribution in [3.05, 3.63) is 35.0 Å². The summed E-state index contributed by atoms with van der Waals surface area (Å²) in [6.07, 6.45) is 3.30. The third-order valence-corrected chi connectivity index (χ3v) is 3.14. The molecule has 0 spiro atoms. The van der Waals surface area contributed by atoms with Gasteiger partial charge >= 0.3 is 0 Å². The number of pyridine rings is 1. The van der Waals surface area contributed by atoms with Crippen LogP contribution in [-0.2, 0) is 12.8 Å². The van der Waals surface area contributed by atoms with Crippen molar-refractivity contribution in [3.63, 3.8) is 0 Å². The third kappa shape index (κ3) is 2.49. The molecule has 2 aromatic heterocycles. The van der Waals surface area contributed by atoms with Gasteiger partial charge in [-0.25, -0.2) is 9.97 Å². The maximum atomic E-state index is 5.81. The molecule has 19 heavy (non-hydrogen) atoms. The molecule has 0 aliphatic rings. The highest BCUT2D eigenvalue weighted by molar-refractivity contribution is 7.80. The smallest absolute Gasteiger partial charge is 0.166 e. The molecule has 100 valence electrons. The average molecular weight is 275 g/mol. The summed E-state index contributed by atoms with van der Waals surface area (Å²) in [5, 5.41) is 4.48. The van der Waals surface area contributed by atoms with Crippen molar-refractivity contribution >= 4 is 17.2 Å². The summed E-state index contributed by atoms with van der Waals surface area (Å²) in [6.45, 7) is 6.02. The highest BCUT2D eigenvalue weighted by Gasteiger charge is 2.16. The Morgan fingerprint density at radius 3 is 2.68 bits per heavy atom. The molecule has 5 nitrogen and oxygen atoms in total. The molecular formula is C13H17N5S. The largest absolute Gasteiger partial charge is 0.389 e. The predicted molar refractivity (Wildman–Crippen MR) is 78.5 cm³/mol. The van der Waals surface area contributed by atoms with E-state index in [1.807, 2.05) is 26.8 Å². The fourth-order valence-corrected chi connectivity index (χ4v) is 2.20. The first kappa shape index (κ1) is 13.6. The van der Waals surface area contributed by atoms with Gasteiger partial charge in [0, 0.05) is 19.0 Å². The van der Waals surface area contributed by atoms with E-state index in [1.165, 1.54) is 0 Å². The number of hydrogen-bond donors (Lipinski definition) is 1. The lowest BCUT2D eigenvalue weighted by Crippen LogP contribution is -2.18. The Morgan fingerprint density at radius 2 is 2.11 bits per heavy atom. The van der Waals surface area contributed by atoms with Crippen LogP contribution >= 0.6 is 12.2 Å². The van der Waals surface area contributed by atoms with Gasteiger partial charge in [-0.05, 0) is 18.6 Å². The van der Waals surface area contributed by atoms with E-state index in [0.717, 1.165) is 35.6 Å². The monoisotopic (exact) mass is 275 g/mol. The summed E-state index contributed by atoms with van der Waals surface area (Å²) in [7, 11) is 0. The van der Waals surface area contributed by atoms with Gasteiger partial charge in [0.15, 0.2) is 11.6 Å². The predicted octanol–water partition coefficient (Wildman–Crippen LogP) is 1.73. The van der Waals surface area contributed by atoms with Gasteiger partial charge in [-0.3, -0.25) is 0 Å². The molecule has 6 heteroatoms. The number of hydrogen-bond acceptors (Lipinski definition) is 4. The molecule has 0 saturated heterocycles. The van der Waals surface area contributed by atoms with Crippen LogP contribution in [0.4, 0.5) is 0 Å². The standard InChI is InChI=1S/C13H17N5S/c1-4-9-16-10(5-2)18(17-9)13-11(12(14)19)8(3)6-7-15-13/h6-7H,4-5H2,1-3H3,(H2,14,19). The zero-order valence-electron chi connectivity index (χ0n) is 11.3. The molecule has 2 heterocycles. The minimum Gasteiger partial charge on any atom is -0.389 e. The van der Waals surface area contributed by atoms with Crippen LogP contribution in [0.3, 0.4) is 0 Å². The highest BCUT2D eigenvalue weighted by atomic mass is 32.1. The van der Waals surface area contributed by atoms with Gasteiger partial charge in [0.25, 0.3) is 0 Å². The van der Waals surface area contributed by atoms with E-state index in [4.69, 9.17) is 18.0 Å². The molecule has 0 aliphatic carbocycles. The van der Waals surface area contributed by atoms with E-state index in [2.05, 4.69) is 15.1 Å². The topological polar surface area (TPSA) is 69.6 Å². The average Bonchev–Trinajstić information content (AvgIpc) is 2.81. The van der Waals surface area contributed by atoms with Crippen LogP contribution < -0.4 is 5.73 Å². The zero-order valence-corrected chi connectivity index (χ0v) is 12.2. The summed E-state index contributed by atoms with van der Waals surface area (Å²) < 4.78 is 1.75. The van der Waals surface area contributed by atoms with Crippen molar-refractivity contribution in [2.45, 2.75) is 33.6 Å². The molecule has 0 radical (unpaired) electrons. The van der Waals surface area contributed by atoms with E-state index in [9.17, 15) is 0 Å². The van der Waals surface area contributed by atoms with Crippen LogP contribution in [0.5, 0.6) is 0 Å². The summed E-state index contributed by atoms with van der Waals surface area (Å²) in [6, 6.07) is 1.89. The second-order valence-electron chi connectivity index (χ2n) is 4.25. The van der Waals surface area contributed by atoms with Crippen molar-refractivity contribution in [2.75, 3.05) is 0 Å². The van der Waals surface area contributed by atoms with E-state index < -0.39 is 0 Å². The summed E-state index contributed by atoms with van der Waals surface area (Å²) in [5.74, 6) is 2.33. The van der Waals surface area contributed by atoms with Gasteiger partial charge in [-0.1, -0.05) is 26.1 Å². The Bertz CT molecular complexity index is 617. The Morgan fingerprint density at radius 1 is 1.37 bits per heavy atom. The van der Waals surface area contributed by atoms with E-state index in [-0.39, 0.29) is 0 Å². The van der Waals surface area contributed by atoms with E-state index >= 15 is 0 Å². The maximum absolute atomic E-state index is 5.81. The zero-order chi connectivity index (χ0) is 14.0. The number of rotatable bonds is 4. The van der Waals surface area contributed by atoms with Gasteiger partial charge in [-0.15, -0.1) is 5.10 Å². The van der Waals surface area contributed by atoms with Gasteiger partial charge < -0.3 is 5.73 Å². The molecule has 2 aromatic rings. The lowest BCUT2D eigenvalue weighted by Gasteiger charge is -2.11. The minimum atomic E-state index is 0.330. The van der Waals surface area contributed by atoms with Crippen LogP contribution in [-0.4, -0.2) is 24.7 Å². The van der Waals surface area contributed by atoms with Gasteiger partial charge in [-0.2, -0.15) is 4.68 Å². The van der Waals surface area contributed by atoms with Crippen LogP contribution in [0.15, 0.2) is 12.3 Å². The van der Waals surface area contributed by atoms with Crippen LogP contribution in [0.1, 0.15) is 36.6 Å². The number of aryl methyl sites for hydroxylation is 3. The lowest BCUT2D eigenvalue weighted by atomic mass is 10.1. The maximum Gasteiger partial charge on any atom is 0.166 e. The SMILES string of the molecule is CCc1nc(CC)n(-c2nccc(C)c2C(N)=S)n1. The first-order valence-electron chi connectivity index (χ1n) is 6.29. The molecule has 2 N–H and O–H groups in total. The Hall–Kier alpha value is -1.82. The van der Waals surface area contributed by atoms with Gasteiger partial charge in [0.05, 0.1) is 5.56 Å². The van der Waals surface area contributed by atoms with Crippen LogP contribution in [0.2, 0.25) is 0 Å². The van der Waals surface area contributed by atoms with E-state index in [1.54, 1.807) is 10.9 Å². The number of nitrogens with zero attached hydrogens (tertiary/aromatic N) is 4. The molecular weight excluding hydrogens is 258 g/mol. The normalized spacial score (nSPS) is 10.7. The summed E-state index contributed by atoms with van der Waals surface area (Å²) in [4.78, 5) is 9.19. The Kier molecular flexibility index (Phi) is 3.90. The number of nitrogens with two attached hydrogens (primary N) is 1. The molecule has 0 bridgehead atoms. The molecule has 0 aromatic carbocycles.